The lowest BCUT2D eigenvalue weighted by Gasteiger charge is -2.12. The first-order valence-corrected chi connectivity index (χ1v) is 7.14. The number of para-hydroxylation sites is 1. The first-order valence-electron chi connectivity index (χ1n) is 7.14. The Bertz CT molecular complexity index is 1010. The van der Waals surface area contributed by atoms with Crippen LogP contribution in [0.3, 0.4) is 0 Å². The summed E-state index contributed by atoms with van der Waals surface area (Å²) in [5.74, 6) is -0.427. The number of carbonyl (C=O) groups excluding carboxylic acids is 1. The number of benzene rings is 3. The number of amides is 1. The van der Waals surface area contributed by atoms with Gasteiger partial charge in [-0.3, -0.25) is 4.79 Å². The second kappa shape index (κ2) is 4.74. The van der Waals surface area contributed by atoms with Gasteiger partial charge in [-0.25, -0.2) is 0 Å². The Kier molecular flexibility index (Phi) is 2.73. The quantitative estimate of drug-likeness (QED) is 0.597. The summed E-state index contributed by atoms with van der Waals surface area (Å²) in [6.07, 6.45) is 0. The Hall–Kier alpha value is -3.07. The van der Waals surface area contributed by atoms with Crippen LogP contribution in [0.15, 0.2) is 72.8 Å². The molecule has 22 heavy (non-hydrogen) atoms. The van der Waals surface area contributed by atoms with Crippen molar-refractivity contribution < 1.29 is 4.79 Å². The average molecular weight is 286 g/mol. The van der Waals surface area contributed by atoms with Crippen molar-refractivity contribution in [2.45, 2.75) is 0 Å². The molecule has 0 aliphatic rings. The number of aromatic nitrogens is 1. The van der Waals surface area contributed by atoms with Crippen LogP contribution >= 0.6 is 0 Å². The fourth-order valence-corrected chi connectivity index (χ4v) is 3.00. The van der Waals surface area contributed by atoms with Crippen molar-refractivity contribution in [2.24, 2.45) is 5.73 Å². The topological polar surface area (TPSA) is 48.0 Å². The fraction of sp³-hybridized carbons (Fsp3) is 0. The molecular weight excluding hydrogens is 272 g/mol. The van der Waals surface area contributed by atoms with Crippen molar-refractivity contribution in [3.05, 3.63) is 78.5 Å². The van der Waals surface area contributed by atoms with Crippen molar-refractivity contribution >= 4 is 27.6 Å². The maximum Gasteiger partial charge on any atom is 0.265 e. The molecule has 3 heteroatoms. The van der Waals surface area contributed by atoms with Crippen LogP contribution in [-0.4, -0.2) is 10.5 Å². The molecule has 1 heterocycles. The van der Waals surface area contributed by atoms with Gasteiger partial charge < -0.3 is 10.3 Å². The van der Waals surface area contributed by atoms with E-state index in [-0.39, 0.29) is 0 Å². The Morgan fingerprint density at radius 1 is 0.818 bits per heavy atom. The molecule has 0 unspecified atom stereocenters. The summed E-state index contributed by atoms with van der Waals surface area (Å²) < 4.78 is 1.94. The van der Waals surface area contributed by atoms with Crippen LogP contribution in [0.1, 0.15) is 10.5 Å². The largest absolute Gasteiger partial charge is 0.364 e. The molecule has 4 rings (SSSR count). The molecule has 4 aromatic rings. The predicted octanol–water partition coefficient (Wildman–Crippen LogP) is 3.88. The maximum atomic E-state index is 11.9. The number of primary amides is 1. The molecule has 0 bridgehead atoms. The van der Waals surface area contributed by atoms with E-state index >= 15 is 0 Å². The molecule has 3 nitrogen and oxygen atoms in total. The minimum Gasteiger partial charge on any atom is -0.364 e. The molecule has 0 saturated heterocycles. The summed E-state index contributed by atoms with van der Waals surface area (Å²) in [6, 6.07) is 24.0. The van der Waals surface area contributed by atoms with Gasteiger partial charge in [0.1, 0.15) is 5.69 Å². The van der Waals surface area contributed by atoms with Gasteiger partial charge in [-0.05, 0) is 23.6 Å². The summed E-state index contributed by atoms with van der Waals surface area (Å²) in [4.78, 5) is 11.9. The number of carbonyl (C=O) groups is 1. The molecule has 0 atom stereocenters. The molecule has 0 fully saturated rings. The maximum absolute atomic E-state index is 11.9. The van der Waals surface area contributed by atoms with Crippen molar-refractivity contribution in [1.82, 2.24) is 4.57 Å². The highest BCUT2D eigenvalue weighted by molar-refractivity contribution is 6.01. The standard InChI is InChI=1S/C19H14N2O/c20-19(22)18-12-14-7-2-4-10-16(14)21(18)17-11-5-8-13-6-1-3-9-15(13)17/h1-12H,(H2,20,22). The van der Waals surface area contributed by atoms with Crippen LogP contribution in [-0.2, 0) is 0 Å². The molecule has 0 aliphatic carbocycles. The third-order valence-electron chi connectivity index (χ3n) is 3.97. The summed E-state index contributed by atoms with van der Waals surface area (Å²) in [5, 5.41) is 3.23. The first kappa shape index (κ1) is 12.7. The Morgan fingerprint density at radius 3 is 2.32 bits per heavy atom. The van der Waals surface area contributed by atoms with E-state index in [4.69, 9.17) is 5.73 Å². The van der Waals surface area contributed by atoms with E-state index in [0.29, 0.717) is 5.69 Å². The number of nitrogens with zero attached hydrogens (tertiary/aromatic N) is 1. The van der Waals surface area contributed by atoms with E-state index in [9.17, 15) is 4.79 Å². The molecule has 3 aromatic carbocycles. The van der Waals surface area contributed by atoms with E-state index in [1.165, 1.54) is 0 Å². The van der Waals surface area contributed by atoms with Crippen molar-refractivity contribution in [3.8, 4) is 5.69 Å². The molecule has 0 spiro atoms. The molecule has 1 amide bonds. The molecule has 0 radical (unpaired) electrons. The van der Waals surface area contributed by atoms with E-state index < -0.39 is 5.91 Å². The SMILES string of the molecule is NC(=O)c1cc2ccccc2n1-c1cccc2ccccc12. The fourth-order valence-electron chi connectivity index (χ4n) is 3.00. The molecule has 2 N–H and O–H groups in total. The van der Waals surface area contributed by atoms with Gasteiger partial charge in [-0.1, -0.05) is 54.6 Å². The highest BCUT2D eigenvalue weighted by atomic mass is 16.1. The average Bonchev–Trinajstić information content (AvgIpc) is 2.94. The van der Waals surface area contributed by atoms with Gasteiger partial charge in [0.05, 0.1) is 11.2 Å². The molecule has 0 saturated carbocycles. The zero-order valence-electron chi connectivity index (χ0n) is 11.9. The van der Waals surface area contributed by atoms with Crippen LogP contribution < -0.4 is 5.73 Å². The van der Waals surface area contributed by atoms with Crippen molar-refractivity contribution in [3.63, 3.8) is 0 Å². The van der Waals surface area contributed by atoms with Gasteiger partial charge in [-0.2, -0.15) is 0 Å². The monoisotopic (exact) mass is 286 g/mol. The van der Waals surface area contributed by atoms with E-state index in [0.717, 1.165) is 27.4 Å². The number of rotatable bonds is 2. The van der Waals surface area contributed by atoms with Crippen molar-refractivity contribution in [1.29, 1.82) is 0 Å². The van der Waals surface area contributed by atoms with E-state index in [2.05, 4.69) is 18.2 Å². The van der Waals surface area contributed by atoms with Crippen LogP contribution in [0.2, 0.25) is 0 Å². The third kappa shape index (κ3) is 1.79. The Morgan fingerprint density at radius 2 is 1.50 bits per heavy atom. The number of nitrogens with two attached hydrogens (primary N) is 1. The number of hydrogen-bond acceptors (Lipinski definition) is 1. The van der Waals surface area contributed by atoms with Crippen molar-refractivity contribution in [2.75, 3.05) is 0 Å². The molecular formula is C19H14N2O. The zero-order chi connectivity index (χ0) is 15.1. The van der Waals surface area contributed by atoms with Crippen LogP contribution in [0, 0.1) is 0 Å². The van der Waals surface area contributed by atoms with Gasteiger partial charge in [0.25, 0.3) is 5.91 Å². The summed E-state index contributed by atoms with van der Waals surface area (Å²) in [6.45, 7) is 0. The highest BCUT2D eigenvalue weighted by Gasteiger charge is 2.15. The number of hydrogen-bond donors (Lipinski definition) is 1. The second-order valence-corrected chi connectivity index (χ2v) is 5.29. The lowest BCUT2D eigenvalue weighted by atomic mass is 10.1. The highest BCUT2D eigenvalue weighted by Crippen LogP contribution is 2.29. The predicted molar refractivity (Wildman–Crippen MR) is 89.3 cm³/mol. The number of fused-ring (bicyclic) bond motifs is 2. The zero-order valence-corrected chi connectivity index (χ0v) is 11.9. The summed E-state index contributed by atoms with van der Waals surface area (Å²) in [5.41, 5.74) is 8.04. The summed E-state index contributed by atoms with van der Waals surface area (Å²) in [7, 11) is 0. The van der Waals surface area contributed by atoms with Crippen LogP contribution in [0.25, 0.3) is 27.4 Å². The molecule has 1 aromatic heterocycles. The lowest BCUT2D eigenvalue weighted by Crippen LogP contribution is -2.16. The molecule has 0 aliphatic heterocycles. The lowest BCUT2D eigenvalue weighted by molar-refractivity contribution is 0.0994. The Labute approximate surface area is 127 Å². The molecule has 106 valence electrons. The van der Waals surface area contributed by atoms with E-state index in [1.54, 1.807) is 0 Å². The van der Waals surface area contributed by atoms with Crippen LogP contribution in [0.4, 0.5) is 0 Å². The third-order valence-corrected chi connectivity index (χ3v) is 3.97. The normalized spacial score (nSPS) is 11.1. The smallest absolute Gasteiger partial charge is 0.265 e. The van der Waals surface area contributed by atoms with Gasteiger partial charge in [0.15, 0.2) is 0 Å². The van der Waals surface area contributed by atoms with Gasteiger partial charge in [0.2, 0.25) is 0 Å². The van der Waals surface area contributed by atoms with Gasteiger partial charge >= 0.3 is 0 Å². The van der Waals surface area contributed by atoms with Gasteiger partial charge in [0, 0.05) is 10.8 Å². The second-order valence-electron chi connectivity index (χ2n) is 5.29. The minimum atomic E-state index is -0.427. The Balaban J connectivity index is 2.16. The first-order chi connectivity index (χ1) is 10.8. The van der Waals surface area contributed by atoms with E-state index in [1.807, 2.05) is 59.2 Å². The minimum absolute atomic E-state index is 0.427. The summed E-state index contributed by atoms with van der Waals surface area (Å²) >= 11 is 0. The van der Waals surface area contributed by atoms with Gasteiger partial charge in [-0.15, -0.1) is 0 Å². The van der Waals surface area contributed by atoms with Crippen LogP contribution in [0.5, 0.6) is 0 Å².